The molecule has 0 aliphatic heterocycles. The van der Waals surface area contributed by atoms with E-state index in [1.54, 1.807) is 42.3 Å². The lowest BCUT2D eigenvalue weighted by Gasteiger charge is -2.21. The van der Waals surface area contributed by atoms with Crippen molar-refractivity contribution in [2.45, 2.75) is 13.5 Å². The molecule has 1 aromatic heterocycles. The van der Waals surface area contributed by atoms with Gasteiger partial charge >= 0.3 is 6.03 Å². The molecule has 0 saturated carbocycles. The van der Waals surface area contributed by atoms with Gasteiger partial charge < -0.3 is 14.2 Å². The topological polar surface area (TPSA) is 130 Å². The fraction of sp³-hybridized carbons (Fsp3) is 0.200. The van der Waals surface area contributed by atoms with Gasteiger partial charge in [0.1, 0.15) is 18.1 Å². The van der Waals surface area contributed by atoms with Gasteiger partial charge in [0.15, 0.2) is 0 Å². The van der Waals surface area contributed by atoms with Crippen LogP contribution in [-0.2, 0) is 6.61 Å². The third kappa shape index (κ3) is 4.62. The largest absolute Gasteiger partial charge is 0.497 e. The highest BCUT2D eigenvalue weighted by Crippen LogP contribution is 2.30. The van der Waals surface area contributed by atoms with Gasteiger partial charge in [-0.3, -0.25) is 5.43 Å². The van der Waals surface area contributed by atoms with Gasteiger partial charge in [0, 0.05) is 12.3 Å². The van der Waals surface area contributed by atoms with Crippen LogP contribution in [0.3, 0.4) is 0 Å². The maximum atomic E-state index is 11.9. The Morgan fingerprint density at radius 2 is 1.93 bits per heavy atom. The van der Waals surface area contributed by atoms with Crippen molar-refractivity contribution in [3.8, 4) is 23.1 Å². The molecule has 3 aromatic rings. The summed E-state index contributed by atoms with van der Waals surface area (Å²) in [7, 11) is 1.61. The zero-order chi connectivity index (χ0) is 21.5. The number of nitrogens with zero attached hydrogens (tertiary/aromatic N) is 3. The number of hydrogen-bond acceptors (Lipinski definition) is 7. The van der Waals surface area contributed by atoms with Gasteiger partial charge in [0.2, 0.25) is 5.88 Å². The lowest BCUT2D eigenvalue weighted by molar-refractivity contribution is 0.246. The van der Waals surface area contributed by atoms with Crippen LogP contribution in [0.4, 0.5) is 10.5 Å². The molecule has 10 nitrogen and oxygen atoms in total. The molecule has 0 aliphatic carbocycles. The fourth-order valence-electron chi connectivity index (χ4n) is 2.80. The molecule has 5 N–H and O–H groups in total. The van der Waals surface area contributed by atoms with Gasteiger partial charge in [0.05, 0.1) is 30.7 Å². The first-order chi connectivity index (χ1) is 14.6. The number of urea groups is 1. The maximum absolute atomic E-state index is 11.9. The summed E-state index contributed by atoms with van der Waals surface area (Å²) in [6, 6.07) is 13.7. The number of hydrazine groups is 2. The highest BCUT2D eigenvalue weighted by molar-refractivity contribution is 5.91. The number of carbonyl (C=O) groups excluding carboxylic acids is 1. The molecule has 2 amide bonds. The Bertz CT molecular complexity index is 989. The Kier molecular flexibility index (Phi) is 6.73. The normalized spacial score (nSPS) is 10.4. The number of nitrogens with one attached hydrogen (secondary N) is 1. The van der Waals surface area contributed by atoms with Gasteiger partial charge in [-0.25, -0.2) is 26.2 Å². The Morgan fingerprint density at radius 3 is 2.60 bits per heavy atom. The summed E-state index contributed by atoms with van der Waals surface area (Å²) < 4.78 is 18.4. The molecule has 1 heterocycles. The molecule has 0 fully saturated rings. The minimum Gasteiger partial charge on any atom is -0.497 e. The minimum atomic E-state index is -0.673. The number of benzene rings is 2. The Labute approximate surface area is 173 Å². The zero-order valence-corrected chi connectivity index (χ0v) is 16.7. The van der Waals surface area contributed by atoms with Crippen molar-refractivity contribution in [1.82, 2.24) is 15.2 Å². The van der Waals surface area contributed by atoms with Crippen LogP contribution in [0.5, 0.6) is 17.4 Å². The molecule has 0 spiro atoms. The van der Waals surface area contributed by atoms with Gasteiger partial charge in [-0.1, -0.05) is 6.07 Å². The van der Waals surface area contributed by atoms with E-state index in [0.29, 0.717) is 29.5 Å². The average Bonchev–Trinajstić information content (AvgIpc) is 3.26. The summed E-state index contributed by atoms with van der Waals surface area (Å²) in [6.07, 6.45) is 1.78. The van der Waals surface area contributed by atoms with Crippen LogP contribution >= 0.6 is 0 Å². The van der Waals surface area contributed by atoms with E-state index in [1.165, 1.54) is 0 Å². The monoisotopic (exact) mass is 412 g/mol. The van der Waals surface area contributed by atoms with Crippen LogP contribution in [0.1, 0.15) is 12.5 Å². The van der Waals surface area contributed by atoms with E-state index < -0.39 is 6.03 Å². The molecule has 0 aliphatic rings. The zero-order valence-electron chi connectivity index (χ0n) is 16.7. The number of ether oxygens (including phenoxy) is 3. The first kappa shape index (κ1) is 21.0. The number of hydrogen-bond donors (Lipinski definition) is 3. The predicted octanol–water partition coefficient (Wildman–Crippen LogP) is 2.12. The van der Waals surface area contributed by atoms with Crippen molar-refractivity contribution < 1.29 is 19.0 Å². The second kappa shape index (κ2) is 9.63. The number of methoxy groups -OCH3 is 1. The smallest absolute Gasteiger partial charge is 0.350 e. The molecule has 0 atom stereocenters. The van der Waals surface area contributed by atoms with E-state index in [1.807, 2.05) is 36.6 Å². The number of aromatic nitrogens is 2. The van der Waals surface area contributed by atoms with Crippen molar-refractivity contribution in [2.24, 2.45) is 11.7 Å². The molecule has 2 aromatic carbocycles. The standard InChI is InChI=1S/C20H24N6O4/c1-3-29-18-6-4-5-17(26(22)20(27)23-21)16(18)13-30-19-11-12-25(24-19)14-7-9-15(28-2)10-8-14/h4-12H,3,13,21-22H2,1-2H3,(H,23,27). The average molecular weight is 412 g/mol. The fourth-order valence-corrected chi connectivity index (χ4v) is 2.80. The van der Waals surface area contributed by atoms with Crippen LogP contribution in [-0.4, -0.2) is 29.5 Å². The second-order valence-electron chi connectivity index (χ2n) is 6.09. The van der Waals surface area contributed by atoms with Crippen LogP contribution in [0, 0.1) is 0 Å². The van der Waals surface area contributed by atoms with Crippen LogP contribution < -0.4 is 36.3 Å². The molecule has 0 saturated heterocycles. The Balaban J connectivity index is 1.81. The maximum Gasteiger partial charge on any atom is 0.350 e. The van der Waals surface area contributed by atoms with Gasteiger partial charge in [-0.2, -0.15) is 0 Å². The summed E-state index contributed by atoms with van der Waals surface area (Å²) in [5.74, 6) is 12.8. The lowest BCUT2D eigenvalue weighted by Crippen LogP contribution is -2.48. The molecule has 30 heavy (non-hydrogen) atoms. The highest BCUT2D eigenvalue weighted by atomic mass is 16.5. The van der Waals surface area contributed by atoms with E-state index >= 15 is 0 Å². The summed E-state index contributed by atoms with van der Waals surface area (Å²) in [6.45, 7) is 2.38. The van der Waals surface area contributed by atoms with Crippen molar-refractivity contribution in [2.75, 3.05) is 18.7 Å². The van der Waals surface area contributed by atoms with Crippen LogP contribution in [0.25, 0.3) is 5.69 Å². The molecule has 0 bridgehead atoms. The van der Waals surface area contributed by atoms with E-state index in [0.717, 1.165) is 16.4 Å². The second-order valence-corrected chi connectivity index (χ2v) is 6.09. The highest BCUT2D eigenvalue weighted by Gasteiger charge is 2.19. The van der Waals surface area contributed by atoms with Crippen molar-refractivity contribution in [3.63, 3.8) is 0 Å². The molecular weight excluding hydrogens is 388 g/mol. The molecule has 0 radical (unpaired) electrons. The lowest BCUT2D eigenvalue weighted by atomic mass is 10.1. The first-order valence-corrected chi connectivity index (χ1v) is 9.20. The molecule has 0 unspecified atom stereocenters. The summed E-state index contributed by atoms with van der Waals surface area (Å²) >= 11 is 0. The quantitative estimate of drug-likeness (QED) is 0.293. The molecule has 3 rings (SSSR count). The third-order valence-corrected chi connectivity index (χ3v) is 4.28. The van der Waals surface area contributed by atoms with E-state index in [-0.39, 0.29) is 6.61 Å². The van der Waals surface area contributed by atoms with Crippen molar-refractivity contribution >= 4 is 11.7 Å². The summed E-state index contributed by atoms with van der Waals surface area (Å²) in [4.78, 5) is 11.9. The number of nitrogens with two attached hydrogens (primary N) is 2. The van der Waals surface area contributed by atoms with E-state index in [2.05, 4.69) is 5.10 Å². The van der Waals surface area contributed by atoms with Crippen molar-refractivity contribution in [1.29, 1.82) is 0 Å². The number of amides is 2. The van der Waals surface area contributed by atoms with Crippen LogP contribution in [0.15, 0.2) is 54.7 Å². The van der Waals surface area contributed by atoms with Gasteiger partial charge in [-0.15, -0.1) is 5.10 Å². The Morgan fingerprint density at radius 1 is 1.17 bits per heavy atom. The molecule has 158 valence electrons. The van der Waals surface area contributed by atoms with E-state index in [9.17, 15) is 4.79 Å². The number of rotatable bonds is 8. The first-order valence-electron chi connectivity index (χ1n) is 9.20. The third-order valence-electron chi connectivity index (χ3n) is 4.28. The van der Waals surface area contributed by atoms with E-state index in [4.69, 9.17) is 25.9 Å². The number of anilines is 1. The minimum absolute atomic E-state index is 0.0800. The van der Waals surface area contributed by atoms with Gasteiger partial charge in [-0.05, 0) is 43.3 Å². The molecular formula is C20H24N6O4. The predicted molar refractivity (Wildman–Crippen MR) is 111 cm³/mol. The summed E-state index contributed by atoms with van der Waals surface area (Å²) in [5.41, 5.74) is 3.85. The van der Waals surface area contributed by atoms with Crippen molar-refractivity contribution in [3.05, 3.63) is 60.3 Å². The van der Waals surface area contributed by atoms with Crippen LogP contribution in [0.2, 0.25) is 0 Å². The SMILES string of the molecule is CCOc1cccc(N(N)C(=O)NN)c1COc1ccn(-c2ccc(OC)cc2)n1. The summed E-state index contributed by atoms with van der Waals surface area (Å²) in [5, 5.41) is 5.32. The Hall–Kier alpha value is -3.76. The molecule has 10 heteroatoms. The van der Waals surface area contributed by atoms with Gasteiger partial charge in [0.25, 0.3) is 0 Å². The number of carbonyl (C=O) groups is 1.